The summed E-state index contributed by atoms with van der Waals surface area (Å²) >= 11 is 3.65. The van der Waals surface area contributed by atoms with Gasteiger partial charge in [-0.3, -0.25) is 0 Å². The molecule has 0 bridgehead atoms. The number of nitrogens with one attached hydrogen (secondary N) is 1. The van der Waals surface area contributed by atoms with Crippen molar-refractivity contribution < 1.29 is 4.74 Å². The molecule has 5 heteroatoms. The quantitative estimate of drug-likeness (QED) is 0.530. The lowest BCUT2D eigenvalue weighted by molar-refractivity contribution is 0.0642. The summed E-state index contributed by atoms with van der Waals surface area (Å²) in [6.07, 6.45) is 7.91. The molecule has 0 aliphatic rings. The topological polar surface area (TPSA) is 42.8 Å². The maximum Gasteiger partial charge on any atom is 0.137 e. The highest BCUT2D eigenvalue weighted by molar-refractivity contribution is 9.10. The minimum atomic E-state index is 0.508. The molecule has 120 valence electrons. The van der Waals surface area contributed by atoms with Gasteiger partial charge in [-0.25, -0.2) is 4.98 Å². The lowest BCUT2D eigenvalue weighted by Gasteiger charge is -2.05. The molecule has 0 unspecified atom stereocenters. The van der Waals surface area contributed by atoms with Crippen molar-refractivity contribution in [2.75, 3.05) is 0 Å². The van der Waals surface area contributed by atoms with Gasteiger partial charge in [-0.05, 0) is 33.6 Å². The molecule has 3 aromatic heterocycles. The van der Waals surface area contributed by atoms with Gasteiger partial charge in [-0.1, -0.05) is 30.3 Å². The number of pyridine rings is 1. The first kappa shape index (κ1) is 15.2. The third-order valence-electron chi connectivity index (χ3n) is 3.92. The first-order chi connectivity index (χ1) is 11.8. The number of fused-ring (bicyclic) bond motifs is 1. The lowest BCUT2D eigenvalue weighted by atomic mass is 10.1. The summed E-state index contributed by atoms with van der Waals surface area (Å²) in [6, 6.07) is 14.2. The highest BCUT2D eigenvalue weighted by Gasteiger charge is 2.12. The van der Waals surface area contributed by atoms with E-state index in [9.17, 15) is 0 Å². The summed E-state index contributed by atoms with van der Waals surface area (Å²) in [6.45, 7) is 1.11. The van der Waals surface area contributed by atoms with E-state index in [0.717, 1.165) is 26.6 Å². The van der Waals surface area contributed by atoms with Gasteiger partial charge in [0.05, 0.1) is 6.61 Å². The molecule has 4 aromatic rings. The summed E-state index contributed by atoms with van der Waals surface area (Å²) in [7, 11) is 0. The Labute approximate surface area is 148 Å². The maximum absolute atomic E-state index is 5.80. The number of ether oxygens (including phenoxy) is 1. The second kappa shape index (κ2) is 6.63. The molecule has 1 N–H and O–H groups in total. The van der Waals surface area contributed by atoms with Crippen LogP contribution in [-0.2, 0) is 18.1 Å². The number of aromatic nitrogens is 3. The third-order valence-corrected chi connectivity index (χ3v) is 4.56. The monoisotopic (exact) mass is 381 g/mol. The number of halogens is 1. The highest BCUT2D eigenvalue weighted by Crippen LogP contribution is 2.33. The summed E-state index contributed by atoms with van der Waals surface area (Å²) in [5.41, 5.74) is 4.32. The van der Waals surface area contributed by atoms with Gasteiger partial charge < -0.3 is 14.3 Å². The Morgan fingerprint density at radius 1 is 1.04 bits per heavy atom. The fraction of sp³-hybridized carbons (Fsp3) is 0.105. The van der Waals surface area contributed by atoms with E-state index in [-0.39, 0.29) is 0 Å². The predicted molar refractivity (Wildman–Crippen MR) is 98.5 cm³/mol. The molecule has 0 aliphatic heterocycles. The van der Waals surface area contributed by atoms with Gasteiger partial charge in [0, 0.05) is 45.8 Å². The van der Waals surface area contributed by atoms with E-state index in [1.165, 1.54) is 5.56 Å². The maximum atomic E-state index is 5.80. The summed E-state index contributed by atoms with van der Waals surface area (Å²) in [4.78, 5) is 7.56. The normalized spacial score (nSPS) is 11.2. The van der Waals surface area contributed by atoms with E-state index in [2.05, 4.69) is 50.3 Å². The molecule has 0 radical (unpaired) electrons. The SMILES string of the molecule is Brc1cn(COCc2ccccc2)cc1-c1c[nH]c2ncccc12. The van der Waals surface area contributed by atoms with E-state index in [0.29, 0.717) is 13.3 Å². The molecule has 4 rings (SSSR count). The standard InChI is InChI=1S/C19H16BrN3O/c20-18-11-23(13-24-12-14-5-2-1-3-6-14)10-17(18)16-9-22-19-15(16)7-4-8-21-19/h1-11H,12-13H2,(H,21,22). The number of nitrogens with zero attached hydrogens (tertiary/aromatic N) is 2. The molecular weight excluding hydrogens is 366 g/mol. The number of aromatic amines is 1. The van der Waals surface area contributed by atoms with E-state index in [4.69, 9.17) is 4.74 Å². The van der Waals surface area contributed by atoms with Crippen molar-refractivity contribution in [3.8, 4) is 11.1 Å². The zero-order valence-electron chi connectivity index (χ0n) is 12.9. The van der Waals surface area contributed by atoms with Crippen LogP contribution in [-0.4, -0.2) is 14.5 Å². The first-order valence-electron chi connectivity index (χ1n) is 7.71. The van der Waals surface area contributed by atoms with Gasteiger partial charge in [0.25, 0.3) is 0 Å². The molecule has 0 aliphatic carbocycles. The van der Waals surface area contributed by atoms with Crippen LogP contribution in [0.1, 0.15) is 5.56 Å². The van der Waals surface area contributed by atoms with E-state index in [1.807, 2.05) is 41.2 Å². The summed E-state index contributed by atoms with van der Waals surface area (Å²) in [5.74, 6) is 0. The van der Waals surface area contributed by atoms with Crippen LogP contribution in [0.2, 0.25) is 0 Å². The number of hydrogen-bond donors (Lipinski definition) is 1. The van der Waals surface area contributed by atoms with Crippen molar-refractivity contribution in [1.29, 1.82) is 0 Å². The largest absolute Gasteiger partial charge is 0.356 e. The van der Waals surface area contributed by atoms with Gasteiger partial charge in [0.1, 0.15) is 12.4 Å². The van der Waals surface area contributed by atoms with Crippen molar-refractivity contribution in [3.63, 3.8) is 0 Å². The molecule has 0 amide bonds. The molecule has 1 aromatic carbocycles. The van der Waals surface area contributed by atoms with Crippen LogP contribution in [0.15, 0.2) is 71.7 Å². The predicted octanol–water partition coefficient (Wildman–Crippen LogP) is 4.97. The van der Waals surface area contributed by atoms with Crippen LogP contribution in [0.4, 0.5) is 0 Å². The second-order valence-corrected chi connectivity index (χ2v) is 6.45. The fourth-order valence-corrected chi connectivity index (χ4v) is 3.35. The molecule has 4 nitrogen and oxygen atoms in total. The Hall–Kier alpha value is -2.37. The highest BCUT2D eigenvalue weighted by atomic mass is 79.9. The molecular formula is C19H16BrN3O. The molecule has 0 spiro atoms. The summed E-state index contributed by atoms with van der Waals surface area (Å²) < 4.78 is 8.88. The number of rotatable bonds is 5. The van der Waals surface area contributed by atoms with Gasteiger partial charge >= 0.3 is 0 Å². The van der Waals surface area contributed by atoms with Gasteiger partial charge in [0.2, 0.25) is 0 Å². The number of hydrogen-bond acceptors (Lipinski definition) is 2. The van der Waals surface area contributed by atoms with Crippen molar-refractivity contribution >= 4 is 27.0 Å². The molecule has 0 fully saturated rings. The Morgan fingerprint density at radius 2 is 1.92 bits per heavy atom. The number of benzene rings is 1. The zero-order valence-corrected chi connectivity index (χ0v) is 14.5. The lowest BCUT2D eigenvalue weighted by Crippen LogP contribution is -1.99. The minimum Gasteiger partial charge on any atom is -0.356 e. The van der Waals surface area contributed by atoms with E-state index >= 15 is 0 Å². The average Bonchev–Trinajstić information content (AvgIpc) is 3.19. The van der Waals surface area contributed by atoms with Crippen molar-refractivity contribution in [3.05, 3.63) is 77.3 Å². The average molecular weight is 382 g/mol. The Kier molecular flexibility index (Phi) is 4.19. The Balaban J connectivity index is 1.52. The molecule has 24 heavy (non-hydrogen) atoms. The van der Waals surface area contributed by atoms with Gasteiger partial charge in [-0.2, -0.15) is 0 Å². The van der Waals surface area contributed by atoms with Crippen LogP contribution >= 0.6 is 15.9 Å². The van der Waals surface area contributed by atoms with Crippen LogP contribution in [0.5, 0.6) is 0 Å². The van der Waals surface area contributed by atoms with Gasteiger partial charge in [0.15, 0.2) is 0 Å². The van der Waals surface area contributed by atoms with Crippen molar-refractivity contribution in [2.24, 2.45) is 0 Å². The minimum absolute atomic E-state index is 0.508. The Bertz CT molecular complexity index is 959. The molecule has 0 saturated heterocycles. The van der Waals surface area contributed by atoms with Crippen molar-refractivity contribution in [1.82, 2.24) is 14.5 Å². The van der Waals surface area contributed by atoms with Gasteiger partial charge in [-0.15, -0.1) is 0 Å². The van der Waals surface area contributed by atoms with Crippen LogP contribution in [0.3, 0.4) is 0 Å². The molecule has 3 heterocycles. The van der Waals surface area contributed by atoms with Crippen molar-refractivity contribution in [2.45, 2.75) is 13.3 Å². The smallest absolute Gasteiger partial charge is 0.137 e. The van der Waals surface area contributed by atoms with E-state index in [1.54, 1.807) is 6.20 Å². The summed E-state index contributed by atoms with van der Waals surface area (Å²) in [5, 5.41) is 1.11. The zero-order chi connectivity index (χ0) is 16.4. The number of H-pyrrole nitrogens is 1. The second-order valence-electron chi connectivity index (χ2n) is 5.60. The van der Waals surface area contributed by atoms with Crippen LogP contribution < -0.4 is 0 Å². The third kappa shape index (κ3) is 3.00. The van der Waals surface area contributed by atoms with E-state index < -0.39 is 0 Å². The van der Waals surface area contributed by atoms with Crippen LogP contribution in [0, 0.1) is 0 Å². The molecule has 0 saturated carbocycles. The Morgan fingerprint density at radius 3 is 2.79 bits per heavy atom. The molecule has 0 atom stereocenters. The first-order valence-corrected chi connectivity index (χ1v) is 8.50. The fourth-order valence-electron chi connectivity index (χ4n) is 2.77. The van der Waals surface area contributed by atoms with Crippen LogP contribution in [0.25, 0.3) is 22.2 Å².